The Hall–Kier alpha value is -1.11. The molecule has 21 heavy (non-hydrogen) atoms. The van der Waals surface area contributed by atoms with E-state index in [1.54, 1.807) is 7.05 Å². The summed E-state index contributed by atoms with van der Waals surface area (Å²) >= 11 is 0. The number of hydrogen-bond acceptors (Lipinski definition) is 4. The van der Waals surface area contributed by atoms with Crippen LogP contribution in [0.1, 0.15) is 18.1 Å². The van der Waals surface area contributed by atoms with E-state index < -0.39 is 10.0 Å². The molecule has 0 aliphatic heterocycles. The van der Waals surface area contributed by atoms with Crippen molar-refractivity contribution in [2.24, 2.45) is 0 Å². The molecule has 0 aromatic heterocycles. The second-order valence-corrected chi connectivity index (χ2v) is 7.58. The van der Waals surface area contributed by atoms with Gasteiger partial charge in [-0.1, -0.05) is 0 Å². The van der Waals surface area contributed by atoms with Gasteiger partial charge in [-0.15, -0.1) is 0 Å². The van der Waals surface area contributed by atoms with Crippen LogP contribution in [-0.4, -0.2) is 58.4 Å². The monoisotopic (exact) mass is 313 g/mol. The largest absolute Gasteiger partial charge is 0.385 e. The molecule has 6 heteroatoms. The summed E-state index contributed by atoms with van der Waals surface area (Å²) in [6.45, 7) is 7.70. The van der Waals surface area contributed by atoms with E-state index in [-0.39, 0.29) is 0 Å². The molecule has 0 saturated heterocycles. The highest BCUT2D eigenvalue weighted by Gasteiger charge is 2.25. The number of aryl methyl sites for hydroxylation is 2. The third-order valence-electron chi connectivity index (χ3n) is 3.37. The van der Waals surface area contributed by atoms with Gasteiger partial charge in [-0.3, -0.25) is 0 Å². The molecular formula is C15H27N3O2S. The lowest BCUT2D eigenvalue weighted by molar-refractivity contribution is 0.358. The predicted octanol–water partition coefficient (Wildman–Crippen LogP) is 1.92. The van der Waals surface area contributed by atoms with E-state index in [0.717, 1.165) is 23.4 Å². The van der Waals surface area contributed by atoms with Crippen LogP contribution >= 0.6 is 0 Å². The van der Waals surface area contributed by atoms with Crippen LogP contribution in [-0.2, 0) is 10.0 Å². The van der Waals surface area contributed by atoms with Crippen LogP contribution in [0.15, 0.2) is 17.0 Å². The molecule has 1 N–H and O–H groups in total. The summed E-state index contributed by atoms with van der Waals surface area (Å²) in [5, 5.41) is 3.22. The molecule has 0 radical (unpaired) electrons. The molecular weight excluding hydrogens is 286 g/mol. The number of sulfonamides is 1. The van der Waals surface area contributed by atoms with Crippen molar-refractivity contribution in [3.05, 3.63) is 23.3 Å². The van der Waals surface area contributed by atoms with Gasteiger partial charge in [0, 0.05) is 32.4 Å². The Bertz CT molecular complexity index is 560. The number of hydrogen-bond donors (Lipinski definition) is 1. The Balaban J connectivity index is 3.13. The van der Waals surface area contributed by atoms with Gasteiger partial charge in [0.1, 0.15) is 0 Å². The van der Waals surface area contributed by atoms with E-state index in [4.69, 9.17) is 0 Å². The second-order valence-electron chi connectivity index (χ2n) is 5.60. The zero-order chi connectivity index (χ0) is 16.2. The molecule has 0 amide bonds. The number of benzene rings is 1. The average molecular weight is 313 g/mol. The van der Waals surface area contributed by atoms with Gasteiger partial charge in [-0.25, -0.2) is 8.42 Å². The maximum atomic E-state index is 12.7. The highest BCUT2D eigenvalue weighted by atomic mass is 32.2. The van der Waals surface area contributed by atoms with Crippen LogP contribution in [0.25, 0.3) is 0 Å². The summed E-state index contributed by atoms with van der Waals surface area (Å²) in [6, 6.07) is 3.78. The first-order valence-electron chi connectivity index (χ1n) is 7.16. The van der Waals surface area contributed by atoms with E-state index in [9.17, 15) is 8.42 Å². The summed E-state index contributed by atoms with van der Waals surface area (Å²) < 4.78 is 26.9. The van der Waals surface area contributed by atoms with E-state index in [1.165, 1.54) is 4.31 Å². The molecule has 0 aliphatic carbocycles. The Morgan fingerprint density at radius 2 is 1.57 bits per heavy atom. The first-order valence-corrected chi connectivity index (χ1v) is 8.60. The van der Waals surface area contributed by atoms with Gasteiger partial charge >= 0.3 is 0 Å². The Morgan fingerprint density at radius 3 is 2.00 bits per heavy atom. The SMILES string of the molecule is CCNc1cc(C)c(S(=O)(=O)N(C)CCN(C)C)c(C)c1. The topological polar surface area (TPSA) is 52.7 Å². The Kier molecular flexibility index (Phi) is 6.19. The van der Waals surface area contributed by atoms with Gasteiger partial charge in [-0.05, 0) is 58.1 Å². The minimum Gasteiger partial charge on any atom is -0.385 e. The molecule has 0 aliphatic rings. The lowest BCUT2D eigenvalue weighted by atomic mass is 10.1. The Labute approximate surface area is 129 Å². The highest BCUT2D eigenvalue weighted by Crippen LogP contribution is 2.26. The molecule has 1 aromatic rings. The molecule has 120 valence electrons. The van der Waals surface area contributed by atoms with Crippen LogP contribution in [0, 0.1) is 13.8 Å². The molecule has 0 atom stereocenters. The minimum atomic E-state index is -3.45. The number of anilines is 1. The Morgan fingerprint density at radius 1 is 1.05 bits per heavy atom. The van der Waals surface area contributed by atoms with Crippen LogP contribution in [0.2, 0.25) is 0 Å². The standard InChI is InChI=1S/C15H27N3O2S/c1-7-16-14-10-12(2)15(13(3)11-14)21(19,20)18(6)9-8-17(4)5/h10-11,16H,7-9H2,1-6H3. The summed E-state index contributed by atoms with van der Waals surface area (Å²) in [5.74, 6) is 0. The number of rotatable bonds is 7. The zero-order valence-corrected chi connectivity index (χ0v) is 14.7. The van der Waals surface area contributed by atoms with Crippen molar-refractivity contribution >= 4 is 15.7 Å². The number of nitrogens with one attached hydrogen (secondary N) is 1. The van der Waals surface area contributed by atoms with Crippen LogP contribution in [0.3, 0.4) is 0 Å². The molecule has 0 saturated carbocycles. The molecule has 0 fully saturated rings. The van der Waals surface area contributed by atoms with Crippen molar-refractivity contribution in [3.63, 3.8) is 0 Å². The van der Waals surface area contributed by atoms with Crippen molar-refractivity contribution in [1.82, 2.24) is 9.21 Å². The molecule has 1 rings (SSSR count). The van der Waals surface area contributed by atoms with Crippen LogP contribution in [0.4, 0.5) is 5.69 Å². The summed E-state index contributed by atoms with van der Waals surface area (Å²) in [7, 11) is 2.05. The van der Waals surface area contributed by atoms with E-state index in [1.807, 2.05) is 51.9 Å². The smallest absolute Gasteiger partial charge is 0.243 e. The number of nitrogens with zero attached hydrogens (tertiary/aromatic N) is 2. The first kappa shape index (κ1) is 17.9. The number of likely N-dealkylation sites (N-methyl/N-ethyl adjacent to an activating group) is 2. The predicted molar refractivity (Wildman–Crippen MR) is 88.4 cm³/mol. The van der Waals surface area contributed by atoms with Crippen molar-refractivity contribution in [2.45, 2.75) is 25.7 Å². The van der Waals surface area contributed by atoms with Crippen LogP contribution in [0.5, 0.6) is 0 Å². The molecule has 1 aromatic carbocycles. The normalized spacial score (nSPS) is 12.2. The minimum absolute atomic E-state index is 0.422. The highest BCUT2D eigenvalue weighted by molar-refractivity contribution is 7.89. The molecule has 5 nitrogen and oxygen atoms in total. The molecule has 0 heterocycles. The average Bonchev–Trinajstić information content (AvgIpc) is 2.34. The maximum absolute atomic E-state index is 12.7. The van der Waals surface area contributed by atoms with Gasteiger partial charge in [0.15, 0.2) is 0 Å². The van der Waals surface area contributed by atoms with Crippen molar-refractivity contribution < 1.29 is 8.42 Å². The fourth-order valence-corrected chi connectivity index (χ4v) is 3.85. The van der Waals surface area contributed by atoms with E-state index in [0.29, 0.717) is 18.0 Å². The molecule has 0 unspecified atom stereocenters. The quantitative estimate of drug-likeness (QED) is 0.835. The summed E-state index contributed by atoms with van der Waals surface area (Å²) in [5.41, 5.74) is 2.52. The lowest BCUT2D eigenvalue weighted by Crippen LogP contribution is -2.34. The fraction of sp³-hybridized carbons (Fsp3) is 0.600. The van der Waals surface area contributed by atoms with Gasteiger partial charge in [0.2, 0.25) is 10.0 Å². The lowest BCUT2D eigenvalue weighted by Gasteiger charge is -2.22. The van der Waals surface area contributed by atoms with Gasteiger partial charge < -0.3 is 10.2 Å². The van der Waals surface area contributed by atoms with Gasteiger partial charge in [-0.2, -0.15) is 4.31 Å². The van der Waals surface area contributed by atoms with Gasteiger partial charge in [0.25, 0.3) is 0 Å². The fourth-order valence-electron chi connectivity index (χ4n) is 2.28. The molecule has 0 bridgehead atoms. The maximum Gasteiger partial charge on any atom is 0.243 e. The summed E-state index contributed by atoms with van der Waals surface area (Å²) in [4.78, 5) is 2.39. The van der Waals surface area contributed by atoms with Crippen LogP contribution < -0.4 is 5.32 Å². The first-order chi connectivity index (χ1) is 9.70. The van der Waals surface area contributed by atoms with E-state index >= 15 is 0 Å². The van der Waals surface area contributed by atoms with E-state index in [2.05, 4.69) is 5.32 Å². The zero-order valence-electron chi connectivity index (χ0n) is 13.9. The third-order valence-corrected chi connectivity index (χ3v) is 5.53. The third kappa shape index (κ3) is 4.43. The molecule has 0 spiro atoms. The van der Waals surface area contributed by atoms with Crippen molar-refractivity contribution in [2.75, 3.05) is 46.1 Å². The van der Waals surface area contributed by atoms with Crippen molar-refractivity contribution in [3.8, 4) is 0 Å². The van der Waals surface area contributed by atoms with Crippen molar-refractivity contribution in [1.29, 1.82) is 0 Å². The second kappa shape index (κ2) is 7.24. The summed E-state index contributed by atoms with van der Waals surface area (Å²) in [6.07, 6.45) is 0. The van der Waals surface area contributed by atoms with Gasteiger partial charge in [0.05, 0.1) is 4.90 Å².